The van der Waals surface area contributed by atoms with Crippen molar-refractivity contribution in [2.24, 2.45) is 5.73 Å². The Bertz CT molecular complexity index is 368. The van der Waals surface area contributed by atoms with Gasteiger partial charge in [0.25, 0.3) is 0 Å². The van der Waals surface area contributed by atoms with E-state index in [1.807, 2.05) is 6.20 Å². The molecule has 0 amide bonds. The lowest BCUT2D eigenvalue weighted by Gasteiger charge is -2.25. The summed E-state index contributed by atoms with van der Waals surface area (Å²) in [5.74, 6) is 0.446. The highest BCUT2D eigenvalue weighted by Gasteiger charge is 2.10. The molecule has 0 radical (unpaired) electrons. The predicted octanol–water partition coefficient (Wildman–Crippen LogP) is 2.01. The molecule has 1 aromatic rings. The largest absolute Gasteiger partial charge is 0.386 e. The fourth-order valence-corrected chi connectivity index (χ4v) is 2.90. The molecule has 94 valence electrons. The monoisotopic (exact) mass is 252 g/mol. The third-order valence-corrected chi connectivity index (χ3v) is 3.92. The van der Waals surface area contributed by atoms with Gasteiger partial charge >= 0.3 is 0 Å². The van der Waals surface area contributed by atoms with Gasteiger partial charge in [-0.1, -0.05) is 13.0 Å². The molecule has 0 spiro atoms. The minimum absolute atomic E-state index is 0.446. The molecule has 1 aliphatic heterocycles. The first-order chi connectivity index (χ1) is 8.24. The van der Waals surface area contributed by atoms with Gasteiger partial charge in [0.2, 0.25) is 0 Å². The van der Waals surface area contributed by atoms with Crippen LogP contribution in [0.15, 0.2) is 18.6 Å². The molecule has 2 heterocycles. The van der Waals surface area contributed by atoms with E-state index in [1.165, 1.54) is 37.2 Å². The molecule has 0 unspecified atom stereocenters. The number of hydrogen-bond donors (Lipinski definition) is 2. The number of nitrogens with one attached hydrogen (secondary N) is 1. The van der Waals surface area contributed by atoms with Crippen molar-refractivity contribution in [1.29, 1.82) is 0 Å². The summed E-state index contributed by atoms with van der Waals surface area (Å²) in [6.07, 6.45) is 7.10. The van der Waals surface area contributed by atoms with Crippen molar-refractivity contribution in [2.45, 2.75) is 25.7 Å². The van der Waals surface area contributed by atoms with Crippen molar-refractivity contribution in [3.8, 4) is 0 Å². The molecule has 1 fully saturated rings. The van der Waals surface area contributed by atoms with E-state index in [-0.39, 0.29) is 0 Å². The summed E-state index contributed by atoms with van der Waals surface area (Å²) >= 11 is 1.66. The van der Waals surface area contributed by atoms with Crippen LogP contribution in [0.1, 0.15) is 24.1 Å². The Kier molecular flexibility index (Phi) is 4.39. The van der Waals surface area contributed by atoms with E-state index in [4.69, 9.17) is 5.73 Å². The van der Waals surface area contributed by atoms with Crippen LogP contribution in [0.5, 0.6) is 0 Å². The van der Waals surface area contributed by atoms with Crippen LogP contribution in [0.2, 0.25) is 0 Å². The van der Waals surface area contributed by atoms with Gasteiger partial charge in [0.15, 0.2) is 5.13 Å². The highest BCUT2D eigenvalue weighted by Crippen LogP contribution is 2.19. The van der Waals surface area contributed by atoms with E-state index >= 15 is 0 Å². The van der Waals surface area contributed by atoms with Gasteiger partial charge in [0.05, 0.1) is 5.82 Å². The number of rotatable bonds is 5. The summed E-state index contributed by atoms with van der Waals surface area (Å²) in [6, 6.07) is 0. The zero-order chi connectivity index (χ0) is 12.1. The summed E-state index contributed by atoms with van der Waals surface area (Å²) in [5.41, 5.74) is 5.48. The van der Waals surface area contributed by atoms with E-state index in [0.717, 1.165) is 18.1 Å². The first-order valence-corrected chi connectivity index (χ1v) is 6.94. The van der Waals surface area contributed by atoms with Crippen LogP contribution in [-0.4, -0.2) is 29.5 Å². The summed E-state index contributed by atoms with van der Waals surface area (Å²) in [6.45, 7) is 7.26. The molecule has 1 saturated heterocycles. The van der Waals surface area contributed by atoms with Crippen LogP contribution in [0.4, 0.5) is 5.13 Å². The Labute approximate surface area is 107 Å². The van der Waals surface area contributed by atoms with Crippen molar-refractivity contribution >= 4 is 16.5 Å². The second-order valence-corrected chi connectivity index (χ2v) is 5.55. The van der Waals surface area contributed by atoms with Gasteiger partial charge < -0.3 is 16.0 Å². The molecule has 5 heteroatoms. The fraction of sp³-hybridized carbons (Fsp3) is 0.583. The number of nitrogens with two attached hydrogens (primary N) is 1. The molecule has 0 saturated carbocycles. The lowest BCUT2D eigenvalue weighted by atomic mass is 10.1. The average molecular weight is 252 g/mol. The van der Waals surface area contributed by atoms with Gasteiger partial charge in [0.1, 0.15) is 0 Å². The summed E-state index contributed by atoms with van der Waals surface area (Å²) in [5, 5.41) is 3.78. The Hall–Kier alpha value is -1.07. The highest BCUT2D eigenvalue weighted by atomic mass is 32.1. The van der Waals surface area contributed by atoms with Crippen LogP contribution in [0.25, 0.3) is 0 Å². The Morgan fingerprint density at radius 3 is 2.94 bits per heavy atom. The second-order valence-electron chi connectivity index (χ2n) is 4.43. The lowest BCUT2D eigenvalue weighted by Crippen LogP contribution is -2.31. The maximum atomic E-state index is 5.48. The summed E-state index contributed by atoms with van der Waals surface area (Å²) in [7, 11) is 0. The molecule has 2 rings (SSSR count). The first-order valence-electron chi connectivity index (χ1n) is 6.12. The number of thiazole rings is 1. The van der Waals surface area contributed by atoms with Crippen molar-refractivity contribution < 1.29 is 0 Å². The quantitative estimate of drug-likeness (QED) is 0.842. The first kappa shape index (κ1) is 12.4. The second kappa shape index (κ2) is 6.02. The third-order valence-electron chi connectivity index (χ3n) is 2.94. The lowest BCUT2D eigenvalue weighted by molar-refractivity contribution is 0.232. The van der Waals surface area contributed by atoms with Gasteiger partial charge in [-0.05, 0) is 32.4 Å². The molecular formula is C12H20N4S. The van der Waals surface area contributed by atoms with Gasteiger partial charge in [-0.2, -0.15) is 0 Å². The molecule has 0 atom stereocenters. The number of hydrogen-bond acceptors (Lipinski definition) is 5. The van der Waals surface area contributed by atoms with Crippen LogP contribution in [0.3, 0.4) is 0 Å². The van der Waals surface area contributed by atoms with Gasteiger partial charge in [0, 0.05) is 17.6 Å². The Morgan fingerprint density at radius 1 is 1.47 bits per heavy atom. The molecule has 4 nitrogen and oxygen atoms in total. The zero-order valence-electron chi connectivity index (χ0n) is 10.1. The van der Waals surface area contributed by atoms with E-state index in [9.17, 15) is 0 Å². The number of anilines is 1. The van der Waals surface area contributed by atoms with Crippen molar-refractivity contribution in [1.82, 2.24) is 9.88 Å². The molecule has 0 bridgehead atoms. The normalized spacial score (nSPS) is 16.9. The molecule has 0 aromatic carbocycles. The standard InChI is InChI=1S/C12H20N4S/c1-10(13)15-12-14-9-11(17-12)5-8-16-6-3-2-4-7-16/h9H,1-8,13H2,(H,14,15). The van der Waals surface area contributed by atoms with Crippen molar-refractivity contribution in [2.75, 3.05) is 25.0 Å². The van der Waals surface area contributed by atoms with Gasteiger partial charge in [-0.3, -0.25) is 0 Å². The SMILES string of the molecule is C=C(N)Nc1ncc(CCN2CCCCC2)s1. The van der Waals surface area contributed by atoms with E-state index in [1.54, 1.807) is 11.3 Å². The molecular weight excluding hydrogens is 232 g/mol. The fourth-order valence-electron chi connectivity index (χ4n) is 2.07. The maximum Gasteiger partial charge on any atom is 0.188 e. The minimum atomic E-state index is 0.446. The number of piperidine rings is 1. The van der Waals surface area contributed by atoms with Crippen LogP contribution in [-0.2, 0) is 6.42 Å². The molecule has 0 aliphatic carbocycles. The predicted molar refractivity (Wildman–Crippen MR) is 73.1 cm³/mol. The molecule has 3 N–H and O–H groups in total. The Balaban J connectivity index is 1.78. The van der Waals surface area contributed by atoms with Crippen molar-refractivity contribution in [3.63, 3.8) is 0 Å². The highest BCUT2D eigenvalue weighted by molar-refractivity contribution is 7.15. The smallest absolute Gasteiger partial charge is 0.188 e. The number of aromatic nitrogens is 1. The van der Waals surface area contributed by atoms with E-state index in [2.05, 4.69) is 21.8 Å². The summed E-state index contributed by atoms with van der Waals surface area (Å²) < 4.78 is 0. The molecule has 1 aromatic heterocycles. The topological polar surface area (TPSA) is 54.2 Å². The number of likely N-dealkylation sites (tertiary alicyclic amines) is 1. The van der Waals surface area contributed by atoms with E-state index in [0.29, 0.717) is 5.82 Å². The molecule has 17 heavy (non-hydrogen) atoms. The van der Waals surface area contributed by atoms with E-state index < -0.39 is 0 Å². The van der Waals surface area contributed by atoms with Gasteiger partial charge in [-0.25, -0.2) is 4.98 Å². The van der Waals surface area contributed by atoms with Crippen LogP contribution in [0, 0.1) is 0 Å². The Morgan fingerprint density at radius 2 is 2.24 bits per heavy atom. The number of nitrogens with zero attached hydrogens (tertiary/aromatic N) is 2. The van der Waals surface area contributed by atoms with Gasteiger partial charge in [-0.15, -0.1) is 11.3 Å². The van der Waals surface area contributed by atoms with Crippen LogP contribution >= 0.6 is 11.3 Å². The van der Waals surface area contributed by atoms with Crippen molar-refractivity contribution in [3.05, 3.63) is 23.5 Å². The zero-order valence-corrected chi connectivity index (χ0v) is 10.9. The third kappa shape index (κ3) is 4.02. The average Bonchev–Trinajstić information content (AvgIpc) is 2.75. The summed E-state index contributed by atoms with van der Waals surface area (Å²) in [4.78, 5) is 8.11. The van der Waals surface area contributed by atoms with Crippen LogP contribution < -0.4 is 11.1 Å². The molecule has 1 aliphatic rings. The minimum Gasteiger partial charge on any atom is -0.386 e. The maximum absolute atomic E-state index is 5.48.